The van der Waals surface area contributed by atoms with Crippen molar-refractivity contribution in [3.63, 3.8) is 0 Å². The minimum atomic E-state index is -0.458. The van der Waals surface area contributed by atoms with Gasteiger partial charge in [0.05, 0.1) is 5.56 Å². The number of carbonyl (C=O) groups excluding carboxylic acids is 1. The number of carbonyl (C=O) groups is 1. The molecular formula is C13H10FNO2. The Kier molecular flexibility index (Phi) is 3.45. The first-order chi connectivity index (χ1) is 8.29. The molecule has 0 fully saturated rings. The summed E-state index contributed by atoms with van der Waals surface area (Å²) in [7, 11) is 0. The molecule has 1 aromatic heterocycles. The normalized spacial score (nSPS) is 9.94. The molecule has 0 saturated carbocycles. The van der Waals surface area contributed by atoms with Crippen molar-refractivity contribution in [2.75, 3.05) is 0 Å². The summed E-state index contributed by atoms with van der Waals surface area (Å²) in [5.74, 6) is -0.0916. The van der Waals surface area contributed by atoms with Crippen LogP contribution in [0.3, 0.4) is 0 Å². The maximum Gasteiger partial charge on any atom is 0.153 e. The second-order valence-electron chi connectivity index (χ2n) is 3.45. The summed E-state index contributed by atoms with van der Waals surface area (Å²) in [5.41, 5.74) is 1.09. The quantitative estimate of drug-likeness (QED) is 0.759. The summed E-state index contributed by atoms with van der Waals surface area (Å²) in [4.78, 5) is 14.7. The lowest BCUT2D eigenvalue weighted by Gasteiger charge is -2.07. The van der Waals surface area contributed by atoms with Gasteiger partial charge in [0.2, 0.25) is 0 Å². The molecule has 0 atom stereocenters. The Morgan fingerprint density at radius 1 is 1.35 bits per heavy atom. The first-order valence-electron chi connectivity index (χ1n) is 5.06. The average molecular weight is 231 g/mol. The fraction of sp³-hybridized carbons (Fsp3) is 0.0769. The number of hydrogen-bond donors (Lipinski definition) is 0. The molecule has 0 N–H and O–H groups in total. The van der Waals surface area contributed by atoms with Crippen LogP contribution in [0.25, 0.3) is 0 Å². The molecule has 2 rings (SSSR count). The van der Waals surface area contributed by atoms with Crippen LogP contribution in [0.15, 0.2) is 42.7 Å². The minimum absolute atomic E-state index is 0.203. The van der Waals surface area contributed by atoms with Crippen LogP contribution in [-0.2, 0) is 6.61 Å². The van der Waals surface area contributed by atoms with Crippen LogP contribution in [0.1, 0.15) is 15.9 Å². The summed E-state index contributed by atoms with van der Waals surface area (Å²) in [6.07, 6.45) is 3.91. The summed E-state index contributed by atoms with van der Waals surface area (Å²) in [6, 6.07) is 7.49. The largest absolute Gasteiger partial charge is 0.488 e. The lowest BCUT2D eigenvalue weighted by Crippen LogP contribution is -1.99. The van der Waals surface area contributed by atoms with Crippen molar-refractivity contribution in [2.45, 2.75) is 6.61 Å². The Labute approximate surface area is 97.9 Å². The molecule has 1 heterocycles. The van der Waals surface area contributed by atoms with E-state index in [2.05, 4.69) is 4.98 Å². The lowest BCUT2D eigenvalue weighted by molar-refractivity contribution is 0.111. The number of rotatable bonds is 4. The Hall–Kier alpha value is -2.23. The van der Waals surface area contributed by atoms with Crippen LogP contribution in [0.4, 0.5) is 4.39 Å². The number of pyridine rings is 1. The van der Waals surface area contributed by atoms with E-state index in [4.69, 9.17) is 4.74 Å². The number of aldehydes is 1. The number of halogens is 1. The molecule has 2 aromatic rings. The summed E-state index contributed by atoms with van der Waals surface area (Å²) in [5, 5.41) is 0. The van der Waals surface area contributed by atoms with Crippen molar-refractivity contribution in [3.05, 3.63) is 59.7 Å². The van der Waals surface area contributed by atoms with Gasteiger partial charge in [0.15, 0.2) is 6.29 Å². The van der Waals surface area contributed by atoms with E-state index in [1.807, 2.05) is 6.07 Å². The topological polar surface area (TPSA) is 39.2 Å². The highest BCUT2D eigenvalue weighted by Gasteiger charge is 2.04. The van der Waals surface area contributed by atoms with Gasteiger partial charge >= 0.3 is 0 Å². The minimum Gasteiger partial charge on any atom is -0.488 e. The second kappa shape index (κ2) is 5.21. The van der Waals surface area contributed by atoms with E-state index in [1.165, 1.54) is 12.1 Å². The molecule has 0 spiro atoms. The molecule has 86 valence electrons. The number of hydrogen-bond acceptors (Lipinski definition) is 3. The maximum absolute atomic E-state index is 12.9. The van der Waals surface area contributed by atoms with Crippen molar-refractivity contribution in [2.24, 2.45) is 0 Å². The standard InChI is InChI=1S/C13H10FNO2/c14-12-3-4-13(11(6-12)8-16)17-9-10-2-1-5-15-7-10/h1-8H,9H2. The third kappa shape index (κ3) is 2.87. The van der Waals surface area contributed by atoms with E-state index in [9.17, 15) is 9.18 Å². The van der Waals surface area contributed by atoms with E-state index in [1.54, 1.807) is 18.5 Å². The first kappa shape index (κ1) is 11.3. The van der Waals surface area contributed by atoms with Gasteiger partial charge in [-0.25, -0.2) is 4.39 Å². The van der Waals surface area contributed by atoms with E-state index >= 15 is 0 Å². The maximum atomic E-state index is 12.9. The van der Waals surface area contributed by atoms with Gasteiger partial charge in [-0.05, 0) is 24.3 Å². The molecule has 3 nitrogen and oxygen atoms in total. The van der Waals surface area contributed by atoms with E-state index < -0.39 is 5.82 Å². The smallest absolute Gasteiger partial charge is 0.153 e. The molecule has 0 radical (unpaired) electrons. The Morgan fingerprint density at radius 3 is 2.94 bits per heavy atom. The van der Waals surface area contributed by atoms with Gasteiger partial charge in [0, 0.05) is 18.0 Å². The van der Waals surface area contributed by atoms with Gasteiger partial charge in [-0.1, -0.05) is 6.07 Å². The second-order valence-corrected chi connectivity index (χ2v) is 3.45. The fourth-order valence-electron chi connectivity index (χ4n) is 1.39. The zero-order valence-corrected chi connectivity index (χ0v) is 8.97. The van der Waals surface area contributed by atoms with Gasteiger partial charge in [0.25, 0.3) is 0 Å². The van der Waals surface area contributed by atoms with Gasteiger partial charge in [0.1, 0.15) is 18.2 Å². The van der Waals surface area contributed by atoms with Crippen LogP contribution in [0, 0.1) is 5.82 Å². The number of ether oxygens (including phenoxy) is 1. The predicted octanol–water partition coefficient (Wildman–Crippen LogP) is 2.61. The molecule has 1 aromatic carbocycles. The van der Waals surface area contributed by atoms with Gasteiger partial charge in [-0.15, -0.1) is 0 Å². The van der Waals surface area contributed by atoms with E-state index in [0.717, 1.165) is 11.6 Å². The lowest BCUT2D eigenvalue weighted by atomic mass is 10.2. The number of nitrogens with zero attached hydrogens (tertiary/aromatic N) is 1. The van der Waals surface area contributed by atoms with Crippen LogP contribution in [0.2, 0.25) is 0 Å². The Balaban J connectivity index is 2.11. The molecule has 0 aliphatic carbocycles. The molecule has 17 heavy (non-hydrogen) atoms. The van der Waals surface area contributed by atoms with E-state index in [-0.39, 0.29) is 5.56 Å². The third-order valence-corrected chi connectivity index (χ3v) is 2.22. The number of benzene rings is 1. The van der Waals surface area contributed by atoms with Crippen molar-refractivity contribution in [1.29, 1.82) is 0 Å². The molecule has 0 aliphatic rings. The molecular weight excluding hydrogens is 221 g/mol. The molecule has 0 amide bonds. The molecule has 0 bridgehead atoms. The summed E-state index contributed by atoms with van der Waals surface area (Å²) >= 11 is 0. The third-order valence-electron chi connectivity index (χ3n) is 2.22. The van der Waals surface area contributed by atoms with Crippen LogP contribution in [0.5, 0.6) is 5.75 Å². The highest BCUT2D eigenvalue weighted by atomic mass is 19.1. The van der Waals surface area contributed by atoms with Crippen molar-refractivity contribution in [3.8, 4) is 5.75 Å². The highest BCUT2D eigenvalue weighted by molar-refractivity contribution is 5.79. The van der Waals surface area contributed by atoms with Gasteiger partial charge in [-0.3, -0.25) is 9.78 Å². The van der Waals surface area contributed by atoms with Crippen LogP contribution in [-0.4, -0.2) is 11.3 Å². The zero-order valence-electron chi connectivity index (χ0n) is 8.97. The number of aromatic nitrogens is 1. The summed E-state index contributed by atoms with van der Waals surface area (Å²) in [6.45, 7) is 0.292. The first-order valence-corrected chi connectivity index (χ1v) is 5.06. The van der Waals surface area contributed by atoms with Crippen LogP contribution < -0.4 is 4.74 Å². The zero-order chi connectivity index (χ0) is 12.1. The van der Waals surface area contributed by atoms with E-state index in [0.29, 0.717) is 18.6 Å². The monoisotopic (exact) mass is 231 g/mol. The molecule has 4 heteroatoms. The molecule has 0 saturated heterocycles. The predicted molar refractivity (Wildman–Crippen MR) is 60.4 cm³/mol. The molecule has 0 aliphatic heterocycles. The Bertz CT molecular complexity index is 514. The fourth-order valence-corrected chi connectivity index (χ4v) is 1.39. The summed E-state index contributed by atoms with van der Waals surface area (Å²) < 4.78 is 18.3. The highest BCUT2D eigenvalue weighted by Crippen LogP contribution is 2.18. The van der Waals surface area contributed by atoms with Crippen molar-refractivity contribution < 1.29 is 13.9 Å². The van der Waals surface area contributed by atoms with Crippen LogP contribution >= 0.6 is 0 Å². The van der Waals surface area contributed by atoms with Gasteiger partial charge < -0.3 is 4.74 Å². The van der Waals surface area contributed by atoms with Crippen molar-refractivity contribution in [1.82, 2.24) is 4.98 Å². The SMILES string of the molecule is O=Cc1cc(F)ccc1OCc1cccnc1. The van der Waals surface area contributed by atoms with Crippen molar-refractivity contribution >= 4 is 6.29 Å². The average Bonchev–Trinajstić information content (AvgIpc) is 2.38. The Morgan fingerprint density at radius 2 is 2.24 bits per heavy atom. The van der Waals surface area contributed by atoms with Gasteiger partial charge in [-0.2, -0.15) is 0 Å². The molecule has 0 unspecified atom stereocenters.